The standard InChI is InChI=1S/C8H9ClN2O2/c1-3-11-4-10-7(9)6(11)5(2)8(12)13/h4H,2-3H2,1H3,(H,12,13). The molecule has 1 rings (SSSR count). The number of carboxylic acids is 1. The third-order valence-corrected chi connectivity index (χ3v) is 1.95. The van der Waals surface area contributed by atoms with E-state index in [0.717, 1.165) is 0 Å². The van der Waals surface area contributed by atoms with Gasteiger partial charge in [0.15, 0.2) is 5.15 Å². The molecule has 1 aromatic heterocycles. The summed E-state index contributed by atoms with van der Waals surface area (Å²) in [5.41, 5.74) is 0.334. The SMILES string of the molecule is C=C(C(=O)O)c1c(Cl)ncn1CC. The molecule has 1 N–H and O–H groups in total. The summed E-state index contributed by atoms with van der Waals surface area (Å²) in [6, 6.07) is 0. The van der Waals surface area contributed by atoms with E-state index in [2.05, 4.69) is 11.6 Å². The van der Waals surface area contributed by atoms with E-state index in [1.165, 1.54) is 6.33 Å². The number of hydrogen-bond donors (Lipinski definition) is 1. The van der Waals surface area contributed by atoms with E-state index in [-0.39, 0.29) is 10.7 Å². The predicted molar refractivity (Wildman–Crippen MR) is 49.6 cm³/mol. The quantitative estimate of drug-likeness (QED) is 0.755. The first-order valence-electron chi connectivity index (χ1n) is 3.71. The molecule has 70 valence electrons. The first-order chi connectivity index (χ1) is 6.07. The summed E-state index contributed by atoms with van der Waals surface area (Å²) in [4.78, 5) is 14.4. The molecule has 0 radical (unpaired) electrons. The van der Waals surface area contributed by atoms with Crippen LogP contribution < -0.4 is 0 Å². The van der Waals surface area contributed by atoms with E-state index in [9.17, 15) is 4.79 Å². The van der Waals surface area contributed by atoms with E-state index >= 15 is 0 Å². The zero-order valence-corrected chi connectivity index (χ0v) is 7.88. The van der Waals surface area contributed by atoms with Gasteiger partial charge in [-0.3, -0.25) is 0 Å². The van der Waals surface area contributed by atoms with Gasteiger partial charge < -0.3 is 9.67 Å². The topological polar surface area (TPSA) is 55.1 Å². The second-order valence-electron chi connectivity index (χ2n) is 2.45. The van der Waals surface area contributed by atoms with Crippen molar-refractivity contribution in [1.82, 2.24) is 9.55 Å². The molecular weight excluding hydrogens is 192 g/mol. The minimum absolute atomic E-state index is 0.0376. The highest BCUT2D eigenvalue weighted by molar-refractivity contribution is 6.32. The lowest BCUT2D eigenvalue weighted by Crippen LogP contribution is -2.05. The van der Waals surface area contributed by atoms with Crippen LogP contribution in [0.15, 0.2) is 12.9 Å². The number of aliphatic carboxylic acids is 1. The zero-order valence-electron chi connectivity index (χ0n) is 7.12. The molecule has 0 fully saturated rings. The maximum Gasteiger partial charge on any atom is 0.337 e. The molecule has 0 aliphatic rings. The Morgan fingerprint density at radius 3 is 2.92 bits per heavy atom. The molecular formula is C8H9ClN2O2. The molecule has 0 bridgehead atoms. The lowest BCUT2D eigenvalue weighted by molar-refractivity contribution is -0.130. The van der Waals surface area contributed by atoms with Gasteiger partial charge in [-0.1, -0.05) is 18.2 Å². The molecule has 0 saturated heterocycles. The fourth-order valence-corrected chi connectivity index (χ4v) is 1.26. The molecule has 0 aliphatic carbocycles. The lowest BCUT2D eigenvalue weighted by Gasteiger charge is -2.04. The van der Waals surface area contributed by atoms with E-state index in [1.807, 2.05) is 6.92 Å². The van der Waals surface area contributed by atoms with Crippen molar-refractivity contribution in [3.8, 4) is 0 Å². The van der Waals surface area contributed by atoms with Crippen LogP contribution >= 0.6 is 11.6 Å². The van der Waals surface area contributed by atoms with Crippen LogP contribution in [0.3, 0.4) is 0 Å². The van der Waals surface area contributed by atoms with Gasteiger partial charge in [0.25, 0.3) is 0 Å². The Morgan fingerprint density at radius 1 is 1.85 bits per heavy atom. The number of imidazole rings is 1. The largest absolute Gasteiger partial charge is 0.478 e. The van der Waals surface area contributed by atoms with Crippen LogP contribution in [-0.2, 0) is 11.3 Å². The average molecular weight is 201 g/mol. The van der Waals surface area contributed by atoms with Gasteiger partial charge in [-0.15, -0.1) is 0 Å². The van der Waals surface area contributed by atoms with Crippen molar-refractivity contribution in [2.75, 3.05) is 0 Å². The second-order valence-corrected chi connectivity index (χ2v) is 2.81. The Kier molecular flexibility index (Phi) is 2.72. The molecule has 4 nitrogen and oxygen atoms in total. The molecule has 0 atom stereocenters. The predicted octanol–water partition coefficient (Wildman–Crippen LogP) is 1.65. The Balaban J connectivity index is 3.18. The molecule has 1 heterocycles. The van der Waals surface area contributed by atoms with Crippen molar-refractivity contribution < 1.29 is 9.90 Å². The van der Waals surface area contributed by atoms with Gasteiger partial charge in [-0.2, -0.15) is 0 Å². The summed E-state index contributed by atoms with van der Waals surface area (Å²) in [5, 5.41) is 8.87. The fourth-order valence-electron chi connectivity index (χ4n) is 0.997. The Bertz CT molecular complexity index is 357. The van der Waals surface area contributed by atoms with Crippen molar-refractivity contribution >= 4 is 23.1 Å². The molecule has 13 heavy (non-hydrogen) atoms. The molecule has 0 unspecified atom stereocenters. The molecule has 0 saturated carbocycles. The monoisotopic (exact) mass is 200 g/mol. The highest BCUT2D eigenvalue weighted by atomic mass is 35.5. The van der Waals surface area contributed by atoms with E-state index in [4.69, 9.17) is 16.7 Å². The number of rotatable bonds is 3. The van der Waals surface area contributed by atoms with Crippen LogP contribution in [0.4, 0.5) is 0 Å². The van der Waals surface area contributed by atoms with Crippen molar-refractivity contribution in [2.45, 2.75) is 13.5 Å². The number of hydrogen-bond acceptors (Lipinski definition) is 2. The number of aryl methyl sites for hydroxylation is 1. The summed E-state index contributed by atoms with van der Waals surface area (Å²) in [7, 11) is 0. The number of carbonyl (C=O) groups is 1. The summed E-state index contributed by atoms with van der Waals surface area (Å²) >= 11 is 5.71. The maximum atomic E-state index is 10.6. The van der Waals surface area contributed by atoms with Crippen LogP contribution in [-0.4, -0.2) is 20.6 Å². The molecule has 0 spiro atoms. The molecule has 0 amide bonds. The summed E-state index contributed by atoms with van der Waals surface area (Å²) in [6.45, 7) is 5.91. The number of aromatic nitrogens is 2. The third kappa shape index (κ3) is 1.72. The van der Waals surface area contributed by atoms with Crippen LogP contribution in [0, 0.1) is 0 Å². The van der Waals surface area contributed by atoms with E-state index < -0.39 is 5.97 Å². The Morgan fingerprint density at radius 2 is 2.46 bits per heavy atom. The Labute approximate surface area is 80.5 Å². The van der Waals surface area contributed by atoms with Gasteiger partial charge in [0, 0.05) is 6.54 Å². The normalized spacial score (nSPS) is 10.0. The molecule has 5 heteroatoms. The minimum atomic E-state index is -1.09. The van der Waals surface area contributed by atoms with Crippen LogP contribution in [0.5, 0.6) is 0 Å². The molecule has 0 aliphatic heterocycles. The smallest absolute Gasteiger partial charge is 0.337 e. The third-order valence-electron chi connectivity index (χ3n) is 1.68. The van der Waals surface area contributed by atoms with Crippen LogP contribution in [0.25, 0.3) is 5.57 Å². The maximum absolute atomic E-state index is 10.6. The average Bonchev–Trinajstić information content (AvgIpc) is 2.45. The first kappa shape index (κ1) is 9.80. The van der Waals surface area contributed by atoms with Gasteiger partial charge in [0.2, 0.25) is 0 Å². The highest BCUT2D eigenvalue weighted by Gasteiger charge is 2.16. The van der Waals surface area contributed by atoms with Crippen molar-refractivity contribution in [3.63, 3.8) is 0 Å². The summed E-state index contributed by atoms with van der Waals surface area (Å²) in [6.07, 6.45) is 1.49. The van der Waals surface area contributed by atoms with E-state index in [0.29, 0.717) is 12.2 Å². The molecule has 0 aromatic carbocycles. The van der Waals surface area contributed by atoms with Gasteiger partial charge in [-0.05, 0) is 6.92 Å². The van der Waals surface area contributed by atoms with Gasteiger partial charge in [0.05, 0.1) is 17.6 Å². The fraction of sp³-hybridized carbons (Fsp3) is 0.250. The Hall–Kier alpha value is -1.29. The van der Waals surface area contributed by atoms with Gasteiger partial charge in [0.1, 0.15) is 0 Å². The number of halogens is 1. The van der Waals surface area contributed by atoms with Crippen LogP contribution in [0.1, 0.15) is 12.6 Å². The summed E-state index contributed by atoms with van der Waals surface area (Å²) < 4.78 is 1.64. The first-order valence-corrected chi connectivity index (χ1v) is 4.09. The zero-order chi connectivity index (χ0) is 10.0. The van der Waals surface area contributed by atoms with E-state index in [1.54, 1.807) is 4.57 Å². The number of carboxylic acid groups (broad SMARTS) is 1. The van der Waals surface area contributed by atoms with Crippen molar-refractivity contribution in [1.29, 1.82) is 0 Å². The summed E-state index contributed by atoms with van der Waals surface area (Å²) in [5.74, 6) is -1.09. The van der Waals surface area contributed by atoms with Crippen molar-refractivity contribution in [2.24, 2.45) is 0 Å². The lowest BCUT2D eigenvalue weighted by atomic mass is 10.2. The van der Waals surface area contributed by atoms with Gasteiger partial charge in [-0.25, -0.2) is 9.78 Å². The van der Waals surface area contributed by atoms with Gasteiger partial charge >= 0.3 is 5.97 Å². The number of nitrogens with zero attached hydrogens (tertiary/aromatic N) is 2. The van der Waals surface area contributed by atoms with Crippen molar-refractivity contribution in [3.05, 3.63) is 23.8 Å². The second kappa shape index (κ2) is 3.62. The minimum Gasteiger partial charge on any atom is -0.478 e. The van der Waals surface area contributed by atoms with Crippen LogP contribution in [0.2, 0.25) is 5.15 Å². The molecule has 1 aromatic rings. The highest BCUT2D eigenvalue weighted by Crippen LogP contribution is 2.21.